The summed E-state index contributed by atoms with van der Waals surface area (Å²) in [6, 6.07) is 1.88. The smallest absolute Gasteiger partial charge is 0.105 e. The summed E-state index contributed by atoms with van der Waals surface area (Å²) in [5, 5.41) is 17.1. The lowest BCUT2D eigenvalue weighted by Crippen LogP contribution is -1.80. The van der Waals surface area contributed by atoms with Gasteiger partial charge in [0.05, 0.1) is 22.3 Å². The summed E-state index contributed by atoms with van der Waals surface area (Å²) in [6.07, 6.45) is 0.806. The number of aromatic nitrogens is 1. The molecule has 0 aliphatic carbocycles. The highest BCUT2D eigenvalue weighted by molar-refractivity contribution is 7.11. The van der Waals surface area contributed by atoms with Crippen molar-refractivity contribution in [3.05, 3.63) is 22.3 Å². The van der Waals surface area contributed by atoms with E-state index in [4.69, 9.17) is 10.4 Å². The maximum absolute atomic E-state index is 8.62. The molecular formula is C7H6N2OS. The standard InChI is InChI=1S/C7H6N2OS/c1-5-7(11-4-9-5)6(2-8)3-10/h3-4,10H,1H3. The second kappa shape index (κ2) is 3.17. The first kappa shape index (κ1) is 7.76. The van der Waals surface area contributed by atoms with E-state index in [1.165, 1.54) is 11.3 Å². The van der Waals surface area contributed by atoms with Crippen molar-refractivity contribution in [2.24, 2.45) is 0 Å². The molecule has 0 aliphatic rings. The van der Waals surface area contributed by atoms with Gasteiger partial charge in [0.15, 0.2) is 0 Å². The molecule has 0 saturated heterocycles. The van der Waals surface area contributed by atoms with Gasteiger partial charge in [0.1, 0.15) is 11.6 Å². The molecule has 1 aromatic heterocycles. The number of aliphatic hydroxyl groups excluding tert-OH is 1. The third-order valence-corrected chi connectivity index (χ3v) is 2.20. The SMILES string of the molecule is Cc1ncsc1C(C#N)=CO. The Balaban J connectivity index is 3.13. The minimum Gasteiger partial charge on any atom is -0.514 e. The Kier molecular flexibility index (Phi) is 2.24. The lowest BCUT2D eigenvalue weighted by Gasteiger charge is -1.90. The minimum absolute atomic E-state index is 0.269. The Morgan fingerprint density at radius 3 is 3.00 bits per heavy atom. The van der Waals surface area contributed by atoms with Gasteiger partial charge >= 0.3 is 0 Å². The van der Waals surface area contributed by atoms with Crippen molar-refractivity contribution in [2.75, 3.05) is 0 Å². The van der Waals surface area contributed by atoms with Gasteiger partial charge in [0.2, 0.25) is 0 Å². The zero-order chi connectivity index (χ0) is 8.27. The largest absolute Gasteiger partial charge is 0.514 e. The average Bonchev–Trinajstić information content (AvgIpc) is 2.40. The molecule has 4 heteroatoms. The number of rotatable bonds is 1. The number of hydrogen-bond acceptors (Lipinski definition) is 4. The molecule has 0 aromatic carbocycles. The monoisotopic (exact) mass is 166 g/mol. The highest BCUT2D eigenvalue weighted by Gasteiger charge is 2.06. The molecule has 1 aromatic rings. The Hall–Kier alpha value is -1.34. The van der Waals surface area contributed by atoms with Gasteiger partial charge in [-0.15, -0.1) is 11.3 Å². The molecule has 0 unspecified atom stereocenters. The van der Waals surface area contributed by atoms with Crippen LogP contribution in [0, 0.1) is 18.3 Å². The summed E-state index contributed by atoms with van der Waals surface area (Å²) in [5.41, 5.74) is 2.69. The highest BCUT2D eigenvalue weighted by Crippen LogP contribution is 2.21. The Labute approximate surface area is 68.2 Å². The van der Waals surface area contributed by atoms with Crippen LogP contribution in [0.25, 0.3) is 5.57 Å². The predicted octanol–water partition coefficient (Wildman–Crippen LogP) is 1.87. The van der Waals surface area contributed by atoms with E-state index in [1.54, 1.807) is 12.4 Å². The van der Waals surface area contributed by atoms with Crippen LogP contribution in [-0.4, -0.2) is 10.1 Å². The van der Waals surface area contributed by atoms with Crippen LogP contribution in [0.1, 0.15) is 10.6 Å². The van der Waals surface area contributed by atoms with Gasteiger partial charge in [-0.2, -0.15) is 5.26 Å². The molecule has 0 atom stereocenters. The summed E-state index contributed by atoms with van der Waals surface area (Å²) in [4.78, 5) is 4.68. The lowest BCUT2D eigenvalue weighted by atomic mass is 10.2. The molecule has 0 bridgehead atoms. The summed E-state index contributed by atoms with van der Waals surface area (Å²) in [6.45, 7) is 1.80. The maximum Gasteiger partial charge on any atom is 0.105 e. The summed E-state index contributed by atoms with van der Waals surface area (Å²) < 4.78 is 0. The number of hydrogen-bond donors (Lipinski definition) is 1. The van der Waals surface area contributed by atoms with E-state index in [0.29, 0.717) is 0 Å². The number of aliphatic hydroxyl groups is 1. The van der Waals surface area contributed by atoms with Crippen LogP contribution in [0.15, 0.2) is 11.8 Å². The Morgan fingerprint density at radius 1 is 1.91 bits per heavy atom. The molecule has 1 N–H and O–H groups in total. The molecule has 0 fully saturated rings. The average molecular weight is 166 g/mol. The third kappa shape index (κ3) is 1.38. The summed E-state index contributed by atoms with van der Waals surface area (Å²) in [7, 11) is 0. The molecule has 0 spiro atoms. The Morgan fingerprint density at radius 2 is 2.64 bits per heavy atom. The van der Waals surface area contributed by atoms with Gasteiger partial charge in [0.25, 0.3) is 0 Å². The molecule has 0 amide bonds. The zero-order valence-electron chi connectivity index (χ0n) is 5.90. The van der Waals surface area contributed by atoms with Crippen molar-refractivity contribution in [1.82, 2.24) is 4.98 Å². The highest BCUT2D eigenvalue weighted by atomic mass is 32.1. The van der Waals surface area contributed by atoms with E-state index in [9.17, 15) is 0 Å². The van der Waals surface area contributed by atoms with Crippen LogP contribution in [-0.2, 0) is 0 Å². The lowest BCUT2D eigenvalue weighted by molar-refractivity contribution is 0.476. The van der Waals surface area contributed by atoms with Crippen molar-refractivity contribution >= 4 is 16.9 Å². The van der Waals surface area contributed by atoms with E-state index in [-0.39, 0.29) is 5.57 Å². The number of aryl methyl sites for hydroxylation is 1. The molecule has 1 rings (SSSR count). The first-order valence-electron chi connectivity index (χ1n) is 2.94. The van der Waals surface area contributed by atoms with Gasteiger partial charge < -0.3 is 5.11 Å². The van der Waals surface area contributed by atoms with Gasteiger partial charge in [-0.25, -0.2) is 4.98 Å². The number of allylic oxidation sites excluding steroid dienone is 1. The van der Waals surface area contributed by atoms with E-state index in [2.05, 4.69) is 4.98 Å². The van der Waals surface area contributed by atoms with Crippen molar-refractivity contribution in [1.29, 1.82) is 5.26 Å². The molecule has 0 aliphatic heterocycles. The van der Waals surface area contributed by atoms with Crippen molar-refractivity contribution in [3.8, 4) is 6.07 Å². The van der Waals surface area contributed by atoms with Gasteiger partial charge in [-0.1, -0.05) is 0 Å². The maximum atomic E-state index is 8.62. The number of nitrogens with zero attached hydrogens (tertiary/aromatic N) is 2. The van der Waals surface area contributed by atoms with Gasteiger partial charge in [-0.05, 0) is 6.92 Å². The van der Waals surface area contributed by atoms with Gasteiger partial charge in [0, 0.05) is 0 Å². The van der Waals surface area contributed by atoms with E-state index < -0.39 is 0 Å². The second-order valence-electron chi connectivity index (χ2n) is 1.92. The van der Waals surface area contributed by atoms with Crippen LogP contribution < -0.4 is 0 Å². The number of nitriles is 1. The van der Waals surface area contributed by atoms with E-state index in [1.807, 2.05) is 6.07 Å². The van der Waals surface area contributed by atoms with Crippen LogP contribution in [0.3, 0.4) is 0 Å². The summed E-state index contributed by atoms with van der Waals surface area (Å²) >= 11 is 1.34. The van der Waals surface area contributed by atoms with E-state index >= 15 is 0 Å². The van der Waals surface area contributed by atoms with E-state index in [0.717, 1.165) is 16.8 Å². The van der Waals surface area contributed by atoms with Gasteiger partial charge in [-0.3, -0.25) is 0 Å². The fourth-order valence-electron chi connectivity index (χ4n) is 0.699. The quantitative estimate of drug-likeness (QED) is 0.511. The van der Waals surface area contributed by atoms with Crippen molar-refractivity contribution in [3.63, 3.8) is 0 Å². The topological polar surface area (TPSA) is 56.9 Å². The molecule has 0 radical (unpaired) electrons. The fourth-order valence-corrected chi connectivity index (χ4v) is 1.46. The molecule has 0 saturated carbocycles. The van der Waals surface area contributed by atoms with Crippen molar-refractivity contribution in [2.45, 2.75) is 6.92 Å². The van der Waals surface area contributed by atoms with Crippen LogP contribution in [0.4, 0.5) is 0 Å². The Bertz CT molecular complexity index is 321. The second-order valence-corrected chi connectivity index (χ2v) is 2.78. The molecule has 11 heavy (non-hydrogen) atoms. The third-order valence-electron chi connectivity index (χ3n) is 1.24. The molecule has 56 valence electrons. The molecular weight excluding hydrogens is 160 g/mol. The van der Waals surface area contributed by atoms with Crippen molar-refractivity contribution < 1.29 is 5.11 Å². The predicted molar refractivity (Wildman–Crippen MR) is 43.1 cm³/mol. The zero-order valence-corrected chi connectivity index (χ0v) is 6.72. The van der Waals surface area contributed by atoms with Crippen LogP contribution >= 0.6 is 11.3 Å². The first-order chi connectivity index (χ1) is 5.29. The minimum atomic E-state index is 0.269. The van der Waals surface area contributed by atoms with Crippen LogP contribution in [0.5, 0.6) is 0 Å². The fraction of sp³-hybridized carbons (Fsp3) is 0.143. The number of thiazole rings is 1. The molecule has 3 nitrogen and oxygen atoms in total. The van der Waals surface area contributed by atoms with Crippen LogP contribution in [0.2, 0.25) is 0 Å². The molecule has 1 heterocycles. The normalized spacial score (nSPS) is 11.1. The summed E-state index contributed by atoms with van der Waals surface area (Å²) in [5.74, 6) is 0. The first-order valence-corrected chi connectivity index (χ1v) is 3.82.